The summed E-state index contributed by atoms with van der Waals surface area (Å²) < 4.78 is 11.0. The van der Waals surface area contributed by atoms with E-state index in [1.165, 1.54) is 0 Å². The number of rotatable bonds is 5. The lowest BCUT2D eigenvalue weighted by atomic mass is 10.3. The van der Waals surface area contributed by atoms with Gasteiger partial charge in [0.05, 0.1) is 5.02 Å². The predicted octanol–water partition coefficient (Wildman–Crippen LogP) is 2.78. The Bertz CT molecular complexity index is 746. The van der Waals surface area contributed by atoms with Gasteiger partial charge in [0, 0.05) is 6.04 Å². The van der Waals surface area contributed by atoms with E-state index in [0.29, 0.717) is 27.7 Å². The summed E-state index contributed by atoms with van der Waals surface area (Å²) in [6.45, 7) is 0.173. The summed E-state index contributed by atoms with van der Waals surface area (Å²) in [6.07, 6.45) is 2.20. The van der Waals surface area contributed by atoms with Gasteiger partial charge in [-0.2, -0.15) is 0 Å². The summed E-state index contributed by atoms with van der Waals surface area (Å²) in [4.78, 5) is 12.0. The average molecular weight is 366 g/mol. The zero-order valence-corrected chi connectivity index (χ0v) is 14.2. The fourth-order valence-corrected chi connectivity index (χ4v) is 2.32. The van der Waals surface area contributed by atoms with E-state index in [4.69, 9.17) is 33.0 Å². The highest BCUT2D eigenvalue weighted by molar-refractivity contribution is 7.80. The molecule has 6 nitrogen and oxygen atoms in total. The maximum atomic E-state index is 12.0. The second-order valence-corrected chi connectivity index (χ2v) is 6.13. The Morgan fingerprint density at radius 2 is 2.04 bits per heavy atom. The fraction of sp³-hybridized carbons (Fsp3) is 0.250. The Balaban J connectivity index is 1.48. The molecule has 0 radical (unpaired) electrons. The lowest BCUT2D eigenvalue weighted by Crippen LogP contribution is -2.47. The van der Waals surface area contributed by atoms with Gasteiger partial charge >= 0.3 is 5.91 Å². The van der Waals surface area contributed by atoms with Gasteiger partial charge in [0.1, 0.15) is 18.1 Å². The number of hydrogen-bond acceptors (Lipinski definition) is 4. The number of thiocarbonyl (C=S) groups is 1. The van der Waals surface area contributed by atoms with Gasteiger partial charge in [-0.3, -0.25) is 15.6 Å². The van der Waals surface area contributed by atoms with Crippen molar-refractivity contribution in [2.45, 2.75) is 25.5 Å². The van der Waals surface area contributed by atoms with Crippen LogP contribution < -0.4 is 20.9 Å². The number of hydrazine groups is 1. The molecule has 1 aromatic carbocycles. The third kappa shape index (κ3) is 4.62. The minimum absolute atomic E-state index is 0.162. The van der Waals surface area contributed by atoms with E-state index in [1.807, 2.05) is 12.1 Å². The molecule has 1 saturated carbocycles. The SMILES string of the molecule is O=C(NNC(=S)NC1CC1)c1ccc(COc2ccccc2Cl)o1. The molecule has 126 valence electrons. The third-order valence-corrected chi connectivity index (χ3v) is 3.83. The van der Waals surface area contributed by atoms with Crippen LogP contribution in [0, 0.1) is 0 Å². The van der Waals surface area contributed by atoms with Crippen LogP contribution in [-0.2, 0) is 6.61 Å². The van der Waals surface area contributed by atoms with Crippen molar-refractivity contribution >= 4 is 34.8 Å². The molecule has 1 aliphatic carbocycles. The van der Waals surface area contributed by atoms with Crippen molar-refractivity contribution in [1.82, 2.24) is 16.2 Å². The van der Waals surface area contributed by atoms with Crippen molar-refractivity contribution in [3.63, 3.8) is 0 Å². The van der Waals surface area contributed by atoms with Gasteiger partial charge in [-0.05, 0) is 49.3 Å². The van der Waals surface area contributed by atoms with Crippen molar-refractivity contribution in [1.29, 1.82) is 0 Å². The topological polar surface area (TPSA) is 75.5 Å². The molecule has 0 unspecified atom stereocenters. The highest BCUT2D eigenvalue weighted by Gasteiger charge is 2.22. The fourth-order valence-electron chi connectivity index (χ4n) is 1.91. The number of nitrogens with one attached hydrogen (secondary N) is 3. The lowest BCUT2D eigenvalue weighted by Gasteiger charge is -2.09. The summed E-state index contributed by atoms with van der Waals surface area (Å²) in [5, 5.41) is 3.96. The van der Waals surface area contributed by atoms with Gasteiger partial charge in [0.2, 0.25) is 0 Å². The van der Waals surface area contributed by atoms with E-state index in [9.17, 15) is 4.79 Å². The van der Waals surface area contributed by atoms with E-state index < -0.39 is 5.91 Å². The molecule has 3 rings (SSSR count). The molecular weight excluding hydrogens is 350 g/mol. The van der Waals surface area contributed by atoms with Crippen LogP contribution >= 0.6 is 23.8 Å². The van der Waals surface area contributed by atoms with Gasteiger partial charge in [-0.25, -0.2) is 0 Å². The lowest BCUT2D eigenvalue weighted by molar-refractivity contribution is 0.0911. The second kappa shape index (κ2) is 7.55. The van der Waals surface area contributed by atoms with E-state index >= 15 is 0 Å². The Morgan fingerprint density at radius 1 is 1.25 bits per heavy atom. The third-order valence-electron chi connectivity index (χ3n) is 3.29. The maximum absolute atomic E-state index is 12.0. The quantitative estimate of drug-likeness (QED) is 0.559. The number of para-hydroxylation sites is 1. The molecule has 0 aliphatic heterocycles. The summed E-state index contributed by atoms with van der Waals surface area (Å²) >= 11 is 11.1. The number of carbonyl (C=O) groups is 1. The summed E-state index contributed by atoms with van der Waals surface area (Å²) in [6, 6.07) is 10.8. The average Bonchev–Trinajstić information content (AvgIpc) is 3.25. The van der Waals surface area contributed by atoms with Crippen LogP contribution in [0.3, 0.4) is 0 Å². The van der Waals surface area contributed by atoms with Crippen LogP contribution in [0.5, 0.6) is 5.75 Å². The first-order valence-corrected chi connectivity index (χ1v) is 8.23. The number of amides is 1. The molecule has 3 N–H and O–H groups in total. The largest absolute Gasteiger partial charge is 0.484 e. The number of hydrogen-bond donors (Lipinski definition) is 3. The van der Waals surface area contributed by atoms with Gasteiger partial charge in [-0.1, -0.05) is 23.7 Å². The molecular formula is C16H16ClN3O3S. The minimum Gasteiger partial charge on any atom is -0.484 e. The minimum atomic E-state index is -0.418. The molecule has 1 amide bonds. The van der Waals surface area contributed by atoms with Crippen LogP contribution in [0.1, 0.15) is 29.2 Å². The molecule has 1 aromatic heterocycles. The van der Waals surface area contributed by atoms with Crippen LogP contribution in [0.25, 0.3) is 0 Å². The van der Waals surface area contributed by atoms with Crippen molar-refractivity contribution in [3.8, 4) is 5.75 Å². The molecule has 0 bridgehead atoms. The monoisotopic (exact) mass is 365 g/mol. The maximum Gasteiger partial charge on any atom is 0.305 e. The number of carbonyl (C=O) groups excluding carboxylic acids is 1. The highest BCUT2D eigenvalue weighted by atomic mass is 35.5. The molecule has 1 heterocycles. The van der Waals surface area contributed by atoms with E-state index in [0.717, 1.165) is 12.8 Å². The van der Waals surface area contributed by atoms with Gasteiger partial charge in [0.25, 0.3) is 0 Å². The van der Waals surface area contributed by atoms with Crippen molar-refractivity contribution in [3.05, 3.63) is 52.9 Å². The Labute approximate surface area is 149 Å². The molecule has 24 heavy (non-hydrogen) atoms. The Hall–Kier alpha value is -2.25. The second-order valence-electron chi connectivity index (χ2n) is 5.31. The van der Waals surface area contributed by atoms with Crippen LogP contribution in [0.2, 0.25) is 5.02 Å². The van der Waals surface area contributed by atoms with Gasteiger partial charge < -0.3 is 14.5 Å². The van der Waals surface area contributed by atoms with Crippen LogP contribution in [-0.4, -0.2) is 17.1 Å². The van der Waals surface area contributed by atoms with E-state index in [1.54, 1.807) is 24.3 Å². The molecule has 0 atom stereocenters. The first kappa shape index (κ1) is 16.6. The standard InChI is InChI=1S/C16H16ClN3O3S/c17-12-3-1-2-4-13(12)22-9-11-7-8-14(23-11)15(21)19-20-16(24)18-10-5-6-10/h1-4,7-8,10H,5-6,9H2,(H,19,21)(H2,18,20,24). The summed E-state index contributed by atoms with van der Waals surface area (Å²) in [5.41, 5.74) is 5.12. The number of halogens is 1. The number of furan rings is 1. The molecule has 2 aromatic rings. The van der Waals surface area contributed by atoms with Crippen LogP contribution in [0.15, 0.2) is 40.8 Å². The van der Waals surface area contributed by atoms with Crippen molar-refractivity contribution in [2.24, 2.45) is 0 Å². The smallest absolute Gasteiger partial charge is 0.305 e. The first-order valence-electron chi connectivity index (χ1n) is 7.45. The first-order chi connectivity index (χ1) is 11.6. The normalized spacial score (nSPS) is 13.2. The molecule has 1 aliphatic rings. The van der Waals surface area contributed by atoms with Crippen molar-refractivity contribution in [2.75, 3.05) is 0 Å². The summed E-state index contributed by atoms with van der Waals surface area (Å²) in [5.74, 6) is 0.812. The van der Waals surface area contributed by atoms with Gasteiger partial charge in [0.15, 0.2) is 10.9 Å². The molecule has 0 saturated heterocycles. The molecule has 0 spiro atoms. The zero-order chi connectivity index (χ0) is 16.9. The van der Waals surface area contributed by atoms with Gasteiger partial charge in [-0.15, -0.1) is 0 Å². The Kier molecular flexibility index (Phi) is 5.22. The van der Waals surface area contributed by atoms with Crippen molar-refractivity contribution < 1.29 is 13.9 Å². The number of benzene rings is 1. The zero-order valence-electron chi connectivity index (χ0n) is 12.7. The molecule has 8 heteroatoms. The number of ether oxygens (including phenoxy) is 1. The van der Waals surface area contributed by atoms with E-state index in [-0.39, 0.29) is 12.4 Å². The molecule has 1 fully saturated rings. The predicted molar refractivity (Wildman–Crippen MR) is 93.8 cm³/mol. The summed E-state index contributed by atoms with van der Waals surface area (Å²) in [7, 11) is 0. The highest BCUT2D eigenvalue weighted by Crippen LogP contribution is 2.24. The Morgan fingerprint density at radius 3 is 2.79 bits per heavy atom. The van der Waals surface area contributed by atoms with E-state index in [2.05, 4.69) is 16.2 Å². The van der Waals surface area contributed by atoms with Crippen LogP contribution in [0.4, 0.5) is 0 Å².